The van der Waals surface area contributed by atoms with Crippen LogP contribution in [0.3, 0.4) is 0 Å². The molecule has 2 bridgehead atoms. The molecule has 4 saturated carbocycles. The van der Waals surface area contributed by atoms with Gasteiger partial charge in [0.25, 0.3) is 0 Å². The van der Waals surface area contributed by atoms with Crippen LogP contribution in [0.15, 0.2) is 0 Å². The maximum Gasteiger partial charge on any atom is 0.320 e. The number of hydrogen-bond donors (Lipinski definition) is 2. The highest BCUT2D eigenvalue weighted by atomic mass is 16.4. The molecule has 0 aromatic heterocycles. The van der Waals surface area contributed by atoms with E-state index in [1.807, 2.05) is 0 Å². The van der Waals surface area contributed by atoms with Gasteiger partial charge in [-0.1, -0.05) is 0 Å². The van der Waals surface area contributed by atoms with Gasteiger partial charge in [0, 0.05) is 6.04 Å². The molecule has 0 aromatic carbocycles. The van der Waals surface area contributed by atoms with E-state index in [1.54, 1.807) is 0 Å². The quantitative estimate of drug-likeness (QED) is 0.756. The van der Waals surface area contributed by atoms with E-state index in [1.165, 1.54) is 19.3 Å². The molecule has 88 valence electrons. The van der Waals surface area contributed by atoms with Gasteiger partial charge in [-0.2, -0.15) is 0 Å². The van der Waals surface area contributed by atoms with Gasteiger partial charge in [-0.3, -0.25) is 4.79 Å². The van der Waals surface area contributed by atoms with E-state index in [4.69, 9.17) is 0 Å². The minimum absolute atomic E-state index is 0.241. The summed E-state index contributed by atoms with van der Waals surface area (Å²) >= 11 is 0. The molecule has 4 aliphatic carbocycles. The second-order valence-corrected chi connectivity index (χ2v) is 6.33. The first-order valence-corrected chi connectivity index (χ1v) is 6.74. The van der Waals surface area contributed by atoms with Gasteiger partial charge < -0.3 is 10.4 Å². The molecule has 0 amide bonds. The van der Waals surface area contributed by atoms with Crippen molar-refractivity contribution in [1.82, 2.24) is 5.32 Å². The van der Waals surface area contributed by atoms with Gasteiger partial charge in [0.05, 0.1) is 0 Å². The van der Waals surface area contributed by atoms with Gasteiger partial charge in [0.1, 0.15) is 6.04 Å². The van der Waals surface area contributed by atoms with Crippen LogP contribution in [-0.4, -0.2) is 23.2 Å². The zero-order valence-corrected chi connectivity index (χ0v) is 9.43. The summed E-state index contributed by atoms with van der Waals surface area (Å²) in [6.07, 6.45) is 6.47. The fourth-order valence-electron chi connectivity index (χ4n) is 4.59. The molecule has 0 aliphatic heterocycles. The first-order chi connectivity index (χ1) is 7.75. The number of hydrogen-bond acceptors (Lipinski definition) is 2. The summed E-state index contributed by atoms with van der Waals surface area (Å²) in [5, 5.41) is 12.7. The van der Waals surface area contributed by atoms with E-state index < -0.39 is 5.97 Å². The Bertz CT molecular complexity index is 323. The number of aliphatic carboxylic acids is 1. The number of nitrogens with one attached hydrogen (secondary N) is 1. The Morgan fingerprint density at radius 3 is 2.25 bits per heavy atom. The SMILES string of the molecule is O=C(O)C(NC1C2C3CCC(C3)C12)C1CC1. The van der Waals surface area contributed by atoms with E-state index in [9.17, 15) is 9.90 Å². The predicted octanol–water partition coefficient (Wildman–Crippen LogP) is 1.48. The van der Waals surface area contributed by atoms with Crippen molar-refractivity contribution >= 4 is 5.97 Å². The topological polar surface area (TPSA) is 49.3 Å². The fourth-order valence-corrected chi connectivity index (χ4v) is 4.59. The number of carbonyl (C=O) groups is 1. The molecule has 2 N–H and O–H groups in total. The third-order valence-electron chi connectivity index (χ3n) is 5.47. The fraction of sp³-hybridized carbons (Fsp3) is 0.923. The van der Waals surface area contributed by atoms with Crippen LogP contribution < -0.4 is 5.32 Å². The zero-order chi connectivity index (χ0) is 10.9. The van der Waals surface area contributed by atoms with E-state index >= 15 is 0 Å². The number of rotatable bonds is 4. The highest BCUT2D eigenvalue weighted by molar-refractivity contribution is 5.74. The molecule has 0 spiro atoms. The lowest BCUT2D eigenvalue weighted by Crippen LogP contribution is -2.41. The summed E-state index contributed by atoms with van der Waals surface area (Å²) in [5.74, 6) is 3.36. The summed E-state index contributed by atoms with van der Waals surface area (Å²) in [6.45, 7) is 0. The van der Waals surface area contributed by atoms with Crippen LogP contribution in [0.2, 0.25) is 0 Å². The minimum atomic E-state index is -0.625. The largest absolute Gasteiger partial charge is 0.480 e. The summed E-state index contributed by atoms with van der Waals surface area (Å²) in [6, 6.07) is 0.322. The smallest absolute Gasteiger partial charge is 0.320 e. The van der Waals surface area contributed by atoms with E-state index in [0.29, 0.717) is 12.0 Å². The van der Waals surface area contributed by atoms with Gasteiger partial charge in [0.2, 0.25) is 0 Å². The van der Waals surface area contributed by atoms with Gasteiger partial charge in [-0.15, -0.1) is 0 Å². The third kappa shape index (κ3) is 1.21. The highest BCUT2D eigenvalue weighted by Crippen LogP contribution is 2.65. The predicted molar refractivity (Wildman–Crippen MR) is 58.9 cm³/mol. The van der Waals surface area contributed by atoms with Gasteiger partial charge in [-0.05, 0) is 61.7 Å². The monoisotopic (exact) mass is 221 g/mol. The van der Waals surface area contributed by atoms with Crippen molar-refractivity contribution in [2.75, 3.05) is 0 Å². The average molecular weight is 221 g/mol. The van der Waals surface area contributed by atoms with Crippen LogP contribution >= 0.6 is 0 Å². The Morgan fingerprint density at radius 1 is 1.12 bits per heavy atom. The van der Waals surface area contributed by atoms with E-state index in [2.05, 4.69) is 5.32 Å². The molecule has 0 aromatic rings. The Kier molecular flexibility index (Phi) is 1.78. The highest BCUT2D eigenvalue weighted by Gasteiger charge is 2.65. The molecule has 0 saturated heterocycles. The lowest BCUT2D eigenvalue weighted by molar-refractivity contribution is -0.140. The van der Waals surface area contributed by atoms with Crippen molar-refractivity contribution in [3.8, 4) is 0 Å². The summed E-state index contributed by atoms with van der Waals surface area (Å²) in [4.78, 5) is 11.2. The van der Waals surface area contributed by atoms with Crippen LogP contribution in [0.4, 0.5) is 0 Å². The van der Waals surface area contributed by atoms with Crippen LogP contribution in [0, 0.1) is 29.6 Å². The summed E-state index contributed by atoms with van der Waals surface area (Å²) in [7, 11) is 0. The molecule has 4 aliphatic rings. The maximum atomic E-state index is 11.2. The molecule has 4 fully saturated rings. The van der Waals surface area contributed by atoms with Gasteiger partial charge in [-0.25, -0.2) is 0 Å². The Balaban J connectivity index is 1.44. The zero-order valence-electron chi connectivity index (χ0n) is 9.43. The molecular formula is C13H19NO2. The second-order valence-electron chi connectivity index (χ2n) is 6.33. The number of carboxylic acid groups (broad SMARTS) is 1. The summed E-state index contributed by atoms with van der Waals surface area (Å²) < 4.78 is 0. The minimum Gasteiger partial charge on any atom is -0.480 e. The Labute approximate surface area is 95.6 Å². The molecular weight excluding hydrogens is 202 g/mol. The molecule has 5 atom stereocenters. The van der Waals surface area contributed by atoms with E-state index in [0.717, 1.165) is 36.5 Å². The van der Waals surface area contributed by atoms with E-state index in [-0.39, 0.29) is 6.04 Å². The van der Waals surface area contributed by atoms with Crippen LogP contribution in [0.25, 0.3) is 0 Å². The molecule has 3 heteroatoms. The Hall–Kier alpha value is -0.570. The first-order valence-electron chi connectivity index (χ1n) is 6.74. The normalized spacial score (nSPS) is 50.1. The van der Waals surface area contributed by atoms with Crippen LogP contribution in [-0.2, 0) is 4.79 Å². The Morgan fingerprint density at radius 2 is 1.75 bits per heavy atom. The molecule has 0 radical (unpaired) electrons. The standard InChI is InChI=1S/C13H19NO2/c15-13(16)11(6-1-2-6)14-12-9-7-3-4-8(5-7)10(9)12/h6-12,14H,1-5H2,(H,15,16). The van der Waals surface area contributed by atoms with Gasteiger partial charge in [0.15, 0.2) is 0 Å². The third-order valence-corrected chi connectivity index (χ3v) is 5.47. The average Bonchev–Trinajstić information content (AvgIpc) is 3.13. The molecule has 16 heavy (non-hydrogen) atoms. The van der Waals surface area contributed by atoms with Crippen LogP contribution in [0.1, 0.15) is 32.1 Å². The van der Waals surface area contributed by atoms with Crippen molar-refractivity contribution in [1.29, 1.82) is 0 Å². The van der Waals surface area contributed by atoms with Crippen molar-refractivity contribution in [3.63, 3.8) is 0 Å². The lowest BCUT2D eigenvalue weighted by atomic mass is 10.0. The van der Waals surface area contributed by atoms with Crippen molar-refractivity contribution < 1.29 is 9.90 Å². The summed E-state index contributed by atoms with van der Waals surface area (Å²) in [5.41, 5.74) is 0. The molecule has 5 unspecified atom stereocenters. The molecule has 4 rings (SSSR count). The van der Waals surface area contributed by atoms with Crippen molar-refractivity contribution in [2.24, 2.45) is 29.6 Å². The van der Waals surface area contributed by atoms with Crippen molar-refractivity contribution in [2.45, 2.75) is 44.2 Å². The number of carboxylic acids is 1. The number of fused-ring (bicyclic) bond motifs is 5. The lowest BCUT2D eigenvalue weighted by Gasteiger charge is -2.16. The first kappa shape index (κ1) is 9.46. The molecule has 0 heterocycles. The van der Waals surface area contributed by atoms with Crippen molar-refractivity contribution in [3.05, 3.63) is 0 Å². The van der Waals surface area contributed by atoms with Gasteiger partial charge >= 0.3 is 5.97 Å². The molecule has 3 nitrogen and oxygen atoms in total. The van der Waals surface area contributed by atoms with Crippen LogP contribution in [0.5, 0.6) is 0 Å². The maximum absolute atomic E-state index is 11.2. The second kappa shape index (κ2) is 3.00.